The first-order chi connectivity index (χ1) is 50.7. The molecule has 0 aliphatic heterocycles. The minimum atomic E-state index is -5.00. The maximum absolute atomic E-state index is 13.1. The molecule has 5 unspecified atom stereocenters. The Balaban J connectivity index is 5.44. The highest BCUT2D eigenvalue weighted by Crippen LogP contribution is 2.45. The topological polar surface area (TPSA) is 237 Å². The molecule has 104 heavy (non-hydrogen) atoms. The Hall–Kier alpha value is -4.80. The number of carbonyl (C=O) groups excluding carboxylic acids is 4. The average molecular weight is 1500 g/mol. The summed E-state index contributed by atoms with van der Waals surface area (Å²) in [5.74, 6) is -2.29. The highest BCUT2D eigenvalue weighted by atomic mass is 31.2. The molecular weight excluding hydrogens is 1350 g/mol. The Morgan fingerprint density at radius 3 is 0.846 bits per heavy atom. The molecule has 0 saturated carbocycles. The number of carbonyl (C=O) groups is 4. The van der Waals surface area contributed by atoms with E-state index in [-0.39, 0.29) is 25.7 Å². The Morgan fingerprint density at radius 2 is 0.519 bits per heavy atom. The first-order valence-corrected chi connectivity index (χ1v) is 43.4. The fourth-order valence-electron chi connectivity index (χ4n) is 10.5. The molecule has 0 aliphatic carbocycles. The van der Waals surface area contributed by atoms with Gasteiger partial charge in [0.25, 0.3) is 0 Å². The van der Waals surface area contributed by atoms with Crippen molar-refractivity contribution < 1.29 is 80.2 Å². The molecule has 0 spiro atoms. The summed E-state index contributed by atoms with van der Waals surface area (Å²) in [6.07, 6.45) is 85.8. The lowest BCUT2D eigenvalue weighted by molar-refractivity contribution is -0.161. The first kappa shape index (κ1) is 99.2. The summed E-state index contributed by atoms with van der Waals surface area (Å²) in [5.41, 5.74) is 0. The number of esters is 4. The number of ether oxygens (including phenoxy) is 4. The van der Waals surface area contributed by atoms with E-state index in [1.165, 1.54) is 77.0 Å². The van der Waals surface area contributed by atoms with Crippen LogP contribution in [0, 0.1) is 0 Å². The van der Waals surface area contributed by atoms with Crippen LogP contribution in [0.25, 0.3) is 0 Å². The van der Waals surface area contributed by atoms with E-state index in [1.807, 2.05) is 18.2 Å². The van der Waals surface area contributed by atoms with Crippen LogP contribution in [0.1, 0.15) is 323 Å². The molecule has 0 aliphatic rings. The van der Waals surface area contributed by atoms with Crippen molar-refractivity contribution in [3.8, 4) is 0 Å². The van der Waals surface area contributed by atoms with Crippen molar-refractivity contribution in [1.29, 1.82) is 0 Å². The fraction of sp³-hybridized carbons (Fsp3) is 0.694. The third-order valence-electron chi connectivity index (χ3n) is 16.6. The Labute approximate surface area is 631 Å². The van der Waals surface area contributed by atoms with Crippen LogP contribution >= 0.6 is 15.6 Å². The SMILES string of the molecule is CC/C=C\C/C=C\C/C=C\C/C=C\C/C=C\C/C=C\CCC(=O)OCC(COP(=O)(O)OCC(O)COP(=O)(O)OCC(COC(=O)CCCCCCC/C=C\CCCCCC)OC(=O)CCCCCCCCCCCCCCC)OC(=O)CCCCCCCC/C=C\C/C=C\C/C=C\C/C=C\CC. The van der Waals surface area contributed by atoms with E-state index in [9.17, 15) is 43.2 Å². The number of phosphoric acid groups is 2. The molecule has 0 rings (SSSR count). The van der Waals surface area contributed by atoms with Gasteiger partial charge in [-0.25, -0.2) is 9.13 Å². The standard InChI is InChI=1S/C85H144O17P2/c1-5-9-13-17-21-25-29-33-35-37-39-41-43-47-50-54-58-62-66-70-83(88)96-76-81(102-85(90)72-68-64-60-56-52-48-44-42-40-38-36-34-30-26-22-18-14-10-6-2)78-100-104(93,94)98-74-79(86)73-97-103(91,92)99-77-80(101-84(89)71-67-63-59-55-51-46-32-28-24-20-16-12-8-4)75-95-82(87)69-65-61-57-53-49-45-31-27-23-19-15-11-7-3/h9-10,13-14,21-22,25-27,31,33-36,39-42,47,50,58,62,79-81,86H,5-8,11-12,15-20,23-24,28-30,32,37-38,43-46,48-49,51-57,59-61,63-78H2,1-4H3,(H,91,92)(H,93,94)/b13-9-,14-10-,25-21-,26-22-,31-27-,35-33-,36-34-,41-39-,42-40-,50-47-,62-58-. The van der Waals surface area contributed by atoms with Crippen LogP contribution in [-0.4, -0.2) is 96.7 Å². The molecular formula is C85H144O17P2. The van der Waals surface area contributed by atoms with E-state index >= 15 is 0 Å². The van der Waals surface area contributed by atoms with Crippen LogP contribution in [0.3, 0.4) is 0 Å². The van der Waals surface area contributed by atoms with E-state index in [0.29, 0.717) is 32.1 Å². The number of aliphatic hydroxyl groups excluding tert-OH is 1. The zero-order chi connectivity index (χ0) is 76.0. The zero-order valence-electron chi connectivity index (χ0n) is 65.2. The molecule has 0 aromatic carbocycles. The zero-order valence-corrected chi connectivity index (χ0v) is 66.9. The Morgan fingerprint density at radius 1 is 0.279 bits per heavy atom. The molecule has 0 aromatic rings. The van der Waals surface area contributed by atoms with Crippen LogP contribution in [0.2, 0.25) is 0 Å². The molecule has 0 saturated heterocycles. The van der Waals surface area contributed by atoms with Crippen molar-refractivity contribution in [1.82, 2.24) is 0 Å². The molecule has 3 N–H and O–H groups in total. The monoisotopic (exact) mass is 1500 g/mol. The molecule has 0 radical (unpaired) electrons. The number of unbranched alkanes of at least 4 members (excludes halogenated alkanes) is 27. The van der Waals surface area contributed by atoms with E-state index in [4.69, 9.17) is 37.0 Å². The molecule has 19 heteroatoms. The maximum Gasteiger partial charge on any atom is 0.472 e. The van der Waals surface area contributed by atoms with E-state index in [2.05, 4.69) is 143 Å². The van der Waals surface area contributed by atoms with Gasteiger partial charge >= 0.3 is 39.5 Å². The summed E-state index contributed by atoms with van der Waals surface area (Å²) >= 11 is 0. The Kier molecular flexibility index (Phi) is 72.9. The molecule has 17 nitrogen and oxygen atoms in total. The third-order valence-corrected chi connectivity index (χ3v) is 18.5. The summed E-state index contributed by atoms with van der Waals surface area (Å²) in [7, 11) is -9.98. The van der Waals surface area contributed by atoms with Crippen LogP contribution in [0.15, 0.2) is 134 Å². The van der Waals surface area contributed by atoms with Gasteiger partial charge in [-0.15, -0.1) is 0 Å². The molecule has 0 bridgehead atoms. The summed E-state index contributed by atoms with van der Waals surface area (Å²) in [4.78, 5) is 73.0. The van der Waals surface area contributed by atoms with Crippen molar-refractivity contribution in [2.75, 3.05) is 39.6 Å². The van der Waals surface area contributed by atoms with Gasteiger partial charge in [-0.1, -0.05) is 303 Å². The number of aliphatic hydroxyl groups is 1. The number of hydrogen-bond acceptors (Lipinski definition) is 15. The van der Waals surface area contributed by atoms with Crippen molar-refractivity contribution in [3.63, 3.8) is 0 Å². The normalized spacial score (nSPS) is 14.6. The van der Waals surface area contributed by atoms with Gasteiger partial charge in [0.05, 0.1) is 26.4 Å². The van der Waals surface area contributed by atoms with Crippen molar-refractivity contribution >= 4 is 39.5 Å². The fourth-order valence-corrected chi connectivity index (χ4v) is 12.1. The quantitative estimate of drug-likeness (QED) is 0.0169. The lowest BCUT2D eigenvalue weighted by atomic mass is 10.0. The first-order valence-electron chi connectivity index (χ1n) is 40.4. The Bertz CT molecular complexity index is 2490. The predicted molar refractivity (Wildman–Crippen MR) is 427 cm³/mol. The molecule has 596 valence electrons. The molecule has 0 amide bonds. The summed E-state index contributed by atoms with van der Waals surface area (Å²) in [6, 6.07) is 0. The van der Waals surface area contributed by atoms with Gasteiger partial charge in [0.1, 0.15) is 19.3 Å². The van der Waals surface area contributed by atoms with E-state index in [1.54, 1.807) is 0 Å². The number of rotatable bonds is 75. The summed E-state index contributed by atoms with van der Waals surface area (Å²) in [6.45, 7) is 4.54. The van der Waals surface area contributed by atoms with Crippen LogP contribution < -0.4 is 0 Å². The van der Waals surface area contributed by atoms with Gasteiger partial charge in [0, 0.05) is 25.7 Å². The summed E-state index contributed by atoms with van der Waals surface area (Å²) in [5, 5.41) is 10.6. The van der Waals surface area contributed by atoms with Gasteiger partial charge < -0.3 is 33.8 Å². The minimum Gasteiger partial charge on any atom is -0.462 e. The van der Waals surface area contributed by atoms with Gasteiger partial charge in [0.15, 0.2) is 12.2 Å². The van der Waals surface area contributed by atoms with Gasteiger partial charge in [-0.05, 0) is 128 Å². The lowest BCUT2D eigenvalue weighted by Gasteiger charge is -2.21. The maximum atomic E-state index is 13.1. The van der Waals surface area contributed by atoms with Crippen LogP contribution in [-0.2, 0) is 65.4 Å². The van der Waals surface area contributed by atoms with Crippen molar-refractivity contribution in [2.45, 2.75) is 341 Å². The second-order valence-corrected chi connectivity index (χ2v) is 29.5. The van der Waals surface area contributed by atoms with E-state index < -0.39 is 97.5 Å². The lowest BCUT2D eigenvalue weighted by Crippen LogP contribution is -2.30. The minimum absolute atomic E-state index is 0.0296. The molecule has 5 atom stereocenters. The van der Waals surface area contributed by atoms with Gasteiger partial charge in [0.2, 0.25) is 0 Å². The second-order valence-electron chi connectivity index (χ2n) is 26.6. The van der Waals surface area contributed by atoms with Gasteiger partial charge in [-0.3, -0.25) is 37.3 Å². The number of allylic oxidation sites excluding steroid dienone is 22. The molecule has 0 aromatic heterocycles. The van der Waals surface area contributed by atoms with E-state index in [0.717, 1.165) is 161 Å². The average Bonchev–Trinajstić information content (AvgIpc) is 0.906. The number of hydrogen-bond donors (Lipinski definition) is 3. The smallest absolute Gasteiger partial charge is 0.462 e. The van der Waals surface area contributed by atoms with Crippen molar-refractivity contribution in [3.05, 3.63) is 134 Å². The molecule has 0 heterocycles. The largest absolute Gasteiger partial charge is 0.472 e. The number of phosphoric ester groups is 2. The van der Waals surface area contributed by atoms with Crippen molar-refractivity contribution in [2.24, 2.45) is 0 Å². The van der Waals surface area contributed by atoms with Crippen LogP contribution in [0.4, 0.5) is 0 Å². The second kappa shape index (κ2) is 76.4. The van der Waals surface area contributed by atoms with Crippen LogP contribution in [0.5, 0.6) is 0 Å². The highest BCUT2D eigenvalue weighted by Gasteiger charge is 2.30. The highest BCUT2D eigenvalue weighted by molar-refractivity contribution is 7.47. The summed E-state index contributed by atoms with van der Waals surface area (Å²) < 4.78 is 68.5. The predicted octanol–water partition coefficient (Wildman–Crippen LogP) is 23.7. The third kappa shape index (κ3) is 75.4. The molecule has 0 fully saturated rings. The van der Waals surface area contributed by atoms with Gasteiger partial charge in [-0.2, -0.15) is 0 Å².